The fourth-order valence-electron chi connectivity index (χ4n) is 2.81. The SMILES string of the molecule is c1cnc(Nc2nc(NCc3cccnc3)c3ncn(-c4ccsc4)c3n2)nc1. The van der Waals surface area contributed by atoms with E-state index < -0.39 is 0 Å². The highest BCUT2D eigenvalue weighted by Crippen LogP contribution is 2.25. The average molecular weight is 401 g/mol. The molecular formula is C19H15N9S. The number of hydrogen-bond donors (Lipinski definition) is 2. The molecule has 0 amide bonds. The number of fused-ring (bicyclic) bond motifs is 1. The highest BCUT2D eigenvalue weighted by molar-refractivity contribution is 7.08. The molecule has 5 rings (SSSR count). The Kier molecular flexibility index (Phi) is 4.51. The molecule has 0 atom stereocenters. The molecule has 0 saturated heterocycles. The lowest BCUT2D eigenvalue weighted by atomic mass is 10.3. The summed E-state index contributed by atoms with van der Waals surface area (Å²) in [5.74, 6) is 1.42. The molecule has 5 aromatic rings. The number of imidazole rings is 1. The van der Waals surface area contributed by atoms with Crippen molar-refractivity contribution in [1.82, 2.24) is 34.5 Å². The van der Waals surface area contributed by atoms with Crippen LogP contribution in [0.3, 0.4) is 0 Å². The first-order valence-corrected chi connectivity index (χ1v) is 9.75. The summed E-state index contributed by atoms with van der Waals surface area (Å²) in [5, 5.41) is 10.5. The molecule has 0 aliphatic heterocycles. The molecule has 0 spiro atoms. The van der Waals surface area contributed by atoms with Crippen molar-refractivity contribution < 1.29 is 0 Å². The summed E-state index contributed by atoms with van der Waals surface area (Å²) in [5.41, 5.74) is 3.40. The van der Waals surface area contributed by atoms with Crippen LogP contribution >= 0.6 is 11.3 Å². The molecule has 0 saturated carbocycles. The molecule has 9 nitrogen and oxygen atoms in total. The van der Waals surface area contributed by atoms with Crippen molar-refractivity contribution in [3.8, 4) is 5.69 Å². The second-order valence-electron chi connectivity index (χ2n) is 6.08. The molecule has 0 fully saturated rings. The van der Waals surface area contributed by atoms with Crippen LogP contribution in [-0.4, -0.2) is 34.5 Å². The molecule has 2 N–H and O–H groups in total. The molecule has 5 aromatic heterocycles. The predicted molar refractivity (Wildman–Crippen MR) is 111 cm³/mol. The molecule has 0 radical (unpaired) electrons. The van der Waals surface area contributed by atoms with E-state index in [9.17, 15) is 0 Å². The molecule has 0 bridgehead atoms. The molecule has 5 heterocycles. The third kappa shape index (κ3) is 3.60. The lowest BCUT2D eigenvalue weighted by Crippen LogP contribution is -2.07. The van der Waals surface area contributed by atoms with Gasteiger partial charge in [0.15, 0.2) is 17.0 Å². The monoisotopic (exact) mass is 401 g/mol. The van der Waals surface area contributed by atoms with Crippen molar-refractivity contribution in [3.63, 3.8) is 0 Å². The zero-order chi connectivity index (χ0) is 19.5. The molecule has 142 valence electrons. The summed E-state index contributed by atoms with van der Waals surface area (Å²) in [4.78, 5) is 26.3. The summed E-state index contributed by atoms with van der Waals surface area (Å²) >= 11 is 1.61. The van der Waals surface area contributed by atoms with E-state index in [0.717, 1.165) is 11.3 Å². The van der Waals surface area contributed by atoms with E-state index in [1.807, 2.05) is 39.7 Å². The van der Waals surface area contributed by atoms with Gasteiger partial charge in [-0.1, -0.05) is 6.07 Å². The molecule has 0 aliphatic carbocycles. The van der Waals surface area contributed by atoms with Gasteiger partial charge in [-0.3, -0.25) is 14.9 Å². The predicted octanol–water partition coefficient (Wildman–Crippen LogP) is 3.42. The zero-order valence-electron chi connectivity index (χ0n) is 15.1. The van der Waals surface area contributed by atoms with Crippen molar-refractivity contribution in [3.05, 3.63) is 71.7 Å². The molecule has 0 aromatic carbocycles. The fraction of sp³-hybridized carbons (Fsp3) is 0.0526. The number of aromatic nitrogens is 7. The largest absolute Gasteiger partial charge is 0.364 e. The molecule has 10 heteroatoms. The van der Waals surface area contributed by atoms with Crippen LogP contribution in [0, 0.1) is 0 Å². The summed E-state index contributed by atoms with van der Waals surface area (Å²) in [6.45, 7) is 0.562. The average Bonchev–Trinajstić information content (AvgIpc) is 3.43. The molecule has 0 unspecified atom stereocenters. The van der Waals surface area contributed by atoms with Crippen molar-refractivity contribution in [2.24, 2.45) is 0 Å². The van der Waals surface area contributed by atoms with Crippen LogP contribution in [-0.2, 0) is 6.54 Å². The number of anilines is 3. The number of pyridine rings is 1. The van der Waals surface area contributed by atoms with Gasteiger partial charge in [0, 0.05) is 36.7 Å². The highest BCUT2D eigenvalue weighted by Gasteiger charge is 2.15. The number of hydrogen-bond acceptors (Lipinski definition) is 9. The second kappa shape index (κ2) is 7.60. The van der Waals surface area contributed by atoms with E-state index >= 15 is 0 Å². The maximum absolute atomic E-state index is 4.65. The topological polar surface area (TPSA) is 106 Å². The van der Waals surface area contributed by atoms with Gasteiger partial charge in [-0.2, -0.15) is 21.3 Å². The lowest BCUT2D eigenvalue weighted by Gasteiger charge is -2.10. The lowest BCUT2D eigenvalue weighted by molar-refractivity contribution is 1.05. The van der Waals surface area contributed by atoms with E-state index in [4.69, 9.17) is 0 Å². The van der Waals surface area contributed by atoms with E-state index in [1.54, 1.807) is 42.3 Å². The minimum absolute atomic E-state index is 0.384. The third-order valence-corrected chi connectivity index (χ3v) is 4.82. The zero-order valence-corrected chi connectivity index (χ0v) is 15.9. The maximum Gasteiger partial charge on any atom is 0.233 e. The first-order valence-electron chi connectivity index (χ1n) is 8.81. The van der Waals surface area contributed by atoms with E-state index in [1.165, 1.54) is 0 Å². The van der Waals surface area contributed by atoms with Crippen molar-refractivity contribution in [1.29, 1.82) is 0 Å². The van der Waals surface area contributed by atoms with Crippen LogP contribution < -0.4 is 10.6 Å². The Labute approximate surface area is 169 Å². The van der Waals surface area contributed by atoms with E-state index in [2.05, 4.69) is 40.5 Å². The van der Waals surface area contributed by atoms with Crippen molar-refractivity contribution >= 4 is 40.2 Å². The van der Waals surface area contributed by atoms with Crippen LogP contribution in [0.25, 0.3) is 16.9 Å². The van der Waals surface area contributed by atoms with Gasteiger partial charge in [0.2, 0.25) is 11.9 Å². The van der Waals surface area contributed by atoms with Gasteiger partial charge in [-0.15, -0.1) is 0 Å². The van der Waals surface area contributed by atoms with Crippen LogP contribution in [0.5, 0.6) is 0 Å². The first kappa shape index (κ1) is 17.2. The van der Waals surface area contributed by atoms with Crippen molar-refractivity contribution in [2.45, 2.75) is 6.54 Å². The minimum atomic E-state index is 0.384. The quantitative estimate of drug-likeness (QED) is 0.446. The van der Waals surface area contributed by atoms with Gasteiger partial charge < -0.3 is 5.32 Å². The third-order valence-electron chi connectivity index (χ3n) is 4.15. The summed E-state index contributed by atoms with van der Waals surface area (Å²) in [6.07, 6.45) is 8.62. The van der Waals surface area contributed by atoms with Crippen LogP contribution in [0.2, 0.25) is 0 Å². The smallest absolute Gasteiger partial charge is 0.233 e. The van der Waals surface area contributed by atoms with Gasteiger partial charge in [-0.25, -0.2) is 15.0 Å². The number of thiophene rings is 1. The Hall–Kier alpha value is -3.92. The molecular weight excluding hydrogens is 386 g/mol. The fourth-order valence-corrected chi connectivity index (χ4v) is 3.44. The molecule has 0 aliphatic rings. The summed E-state index contributed by atoms with van der Waals surface area (Å²) in [6, 6.07) is 7.67. The normalized spacial score (nSPS) is 10.9. The van der Waals surface area contributed by atoms with Gasteiger partial charge in [-0.05, 0) is 29.1 Å². The standard InChI is InChI=1S/C19H15N9S/c1-3-13(9-20-5-1)10-23-16-15-17(28(12-24-15)14-4-8-29-11-14)26-19(25-16)27-18-21-6-2-7-22-18/h1-9,11-12H,10H2,(H2,21,22,23,25,26,27). The molecule has 29 heavy (non-hydrogen) atoms. The van der Waals surface area contributed by atoms with E-state index in [-0.39, 0.29) is 0 Å². The Balaban J connectivity index is 1.56. The van der Waals surface area contributed by atoms with Crippen LogP contribution in [0.4, 0.5) is 17.7 Å². The van der Waals surface area contributed by atoms with Crippen molar-refractivity contribution in [2.75, 3.05) is 10.6 Å². The second-order valence-corrected chi connectivity index (χ2v) is 6.86. The Bertz CT molecular complexity index is 1220. The first-order chi connectivity index (χ1) is 14.4. The van der Waals surface area contributed by atoms with Crippen LogP contribution in [0.15, 0.2) is 66.1 Å². The summed E-state index contributed by atoms with van der Waals surface area (Å²) in [7, 11) is 0. The Morgan fingerprint density at radius 1 is 0.966 bits per heavy atom. The highest BCUT2D eigenvalue weighted by atomic mass is 32.1. The maximum atomic E-state index is 4.65. The van der Waals surface area contributed by atoms with Gasteiger partial charge >= 0.3 is 0 Å². The number of nitrogens with one attached hydrogen (secondary N) is 2. The summed E-state index contributed by atoms with van der Waals surface area (Å²) < 4.78 is 1.93. The Morgan fingerprint density at radius 2 is 1.90 bits per heavy atom. The number of nitrogens with zero attached hydrogens (tertiary/aromatic N) is 7. The van der Waals surface area contributed by atoms with E-state index in [0.29, 0.717) is 35.4 Å². The van der Waals surface area contributed by atoms with Gasteiger partial charge in [0.05, 0.1) is 5.69 Å². The minimum Gasteiger partial charge on any atom is -0.364 e. The van der Waals surface area contributed by atoms with Crippen LogP contribution in [0.1, 0.15) is 5.56 Å². The van der Waals surface area contributed by atoms with Gasteiger partial charge in [0.25, 0.3) is 0 Å². The number of rotatable bonds is 6. The van der Waals surface area contributed by atoms with Gasteiger partial charge in [0.1, 0.15) is 6.33 Å². The Morgan fingerprint density at radius 3 is 2.69 bits per heavy atom.